The predicted molar refractivity (Wildman–Crippen MR) is 120 cm³/mol. The van der Waals surface area contributed by atoms with E-state index >= 15 is 0 Å². The lowest BCUT2D eigenvalue weighted by Gasteiger charge is -2.35. The van der Waals surface area contributed by atoms with Gasteiger partial charge in [0.1, 0.15) is 12.1 Å². The van der Waals surface area contributed by atoms with Gasteiger partial charge in [-0.05, 0) is 42.7 Å². The maximum Gasteiger partial charge on any atom is 0.419 e. The van der Waals surface area contributed by atoms with Crippen LogP contribution in [0.5, 0.6) is 0 Å². The van der Waals surface area contributed by atoms with E-state index in [1.54, 1.807) is 13.1 Å². The van der Waals surface area contributed by atoms with Crippen LogP contribution >= 0.6 is 0 Å². The van der Waals surface area contributed by atoms with Crippen LogP contribution in [-0.4, -0.2) is 41.3 Å². The van der Waals surface area contributed by atoms with Gasteiger partial charge in [-0.3, -0.25) is 9.36 Å². The summed E-state index contributed by atoms with van der Waals surface area (Å²) in [6, 6.07) is 14.9. The van der Waals surface area contributed by atoms with E-state index in [4.69, 9.17) is 9.15 Å². The molecule has 0 bridgehead atoms. The number of nitrogens with one attached hydrogen (secondary N) is 2. The fourth-order valence-corrected chi connectivity index (χ4v) is 3.73. The fraction of sp³-hybridized carbons (Fsp3) is 0.375. The van der Waals surface area contributed by atoms with Gasteiger partial charge in [0.25, 0.3) is 5.91 Å². The molecule has 0 radical (unpaired) electrons. The largest absolute Gasteiger partial charge is 0.419 e. The molecule has 8 heteroatoms. The molecule has 2 N–H and O–H groups in total. The highest BCUT2D eigenvalue weighted by molar-refractivity contribution is 5.82. The molecule has 2 aromatic carbocycles. The highest BCUT2D eigenvalue weighted by Gasteiger charge is 2.31. The average Bonchev–Trinajstić information content (AvgIpc) is 3.06. The number of oxazole rings is 1. The summed E-state index contributed by atoms with van der Waals surface area (Å²) in [4.78, 5) is 24.2. The highest BCUT2D eigenvalue weighted by Crippen LogP contribution is 2.24. The molecule has 2 unspecified atom stereocenters. The van der Waals surface area contributed by atoms with Crippen molar-refractivity contribution in [1.82, 2.24) is 15.2 Å². The second-order valence-electron chi connectivity index (χ2n) is 8.77. The van der Waals surface area contributed by atoms with Crippen molar-refractivity contribution in [2.75, 3.05) is 13.2 Å². The van der Waals surface area contributed by atoms with Gasteiger partial charge in [-0.25, -0.2) is 4.79 Å². The summed E-state index contributed by atoms with van der Waals surface area (Å²) < 4.78 is 12.3. The topological polar surface area (TPSA) is 109 Å². The number of hydrogen-bond acceptors (Lipinski definition) is 6. The third-order valence-electron chi connectivity index (χ3n) is 5.69. The summed E-state index contributed by atoms with van der Waals surface area (Å²) in [6.07, 6.45) is -0.210. The van der Waals surface area contributed by atoms with Gasteiger partial charge in [0, 0.05) is 25.6 Å². The van der Waals surface area contributed by atoms with Crippen LogP contribution in [0.3, 0.4) is 0 Å². The number of aryl methyl sites for hydroxylation is 1. The van der Waals surface area contributed by atoms with Gasteiger partial charge in [0.05, 0.1) is 18.2 Å². The minimum Gasteiger partial charge on any atom is -0.408 e. The zero-order valence-corrected chi connectivity index (χ0v) is 18.3. The normalized spacial score (nSPS) is 18.8. The lowest BCUT2D eigenvalue weighted by atomic mass is 10.0. The molecule has 2 heterocycles. The Morgan fingerprint density at radius 3 is 2.66 bits per heavy atom. The van der Waals surface area contributed by atoms with E-state index in [1.807, 2.05) is 50.2 Å². The van der Waals surface area contributed by atoms with Gasteiger partial charge in [-0.2, -0.15) is 5.26 Å². The molecule has 1 aliphatic rings. The van der Waals surface area contributed by atoms with Crippen molar-refractivity contribution in [2.24, 2.45) is 7.05 Å². The minimum absolute atomic E-state index is 0.163. The molecule has 1 aromatic heterocycles. The molecule has 1 saturated heterocycles. The number of nitriles is 1. The second-order valence-corrected chi connectivity index (χ2v) is 8.77. The summed E-state index contributed by atoms with van der Waals surface area (Å²) in [5.41, 5.74) is 3.98. The van der Waals surface area contributed by atoms with Crippen LogP contribution in [0, 0.1) is 11.3 Å². The summed E-state index contributed by atoms with van der Waals surface area (Å²) in [5.74, 6) is -0.676. The SMILES string of the molecule is Cn1c(=O)oc2ccc(-c3ccc(CC(C#N)NC(=O)C4CNC(C)(C)CO4)cc3)cc21. The van der Waals surface area contributed by atoms with Crippen molar-refractivity contribution >= 4 is 17.0 Å². The third kappa shape index (κ3) is 4.59. The Morgan fingerprint density at radius 2 is 2.00 bits per heavy atom. The summed E-state index contributed by atoms with van der Waals surface area (Å²) in [7, 11) is 1.67. The van der Waals surface area contributed by atoms with E-state index in [0.717, 1.165) is 22.2 Å². The van der Waals surface area contributed by atoms with E-state index < -0.39 is 17.9 Å². The molecule has 3 aromatic rings. The average molecular weight is 434 g/mol. The van der Waals surface area contributed by atoms with Crippen LogP contribution in [0.1, 0.15) is 19.4 Å². The Kier molecular flexibility index (Phi) is 5.87. The number of aromatic nitrogens is 1. The quantitative estimate of drug-likeness (QED) is 0.637. The molecule has 4 rings (SSSR count). The monoisotopic (exact) mass is 434 g/mol. The minimum atomic E-state index is -0.649. The van der Waals surface area contributed by atoms with Gasteiger partial charge in [-0.15, -0.1) is 0 Å². The molecule has 166 valence electrons. The molecule has 1 amide bonds. The molecular weight excluding hydrogens is 408 g/mol. The van der Waals surface area contributed by atoms with Gasteiger partial charge in [-0.1, -0.05) is 30.3 Å². The molecule has 0 saturated carbocycles. The smallest absolute Gasteiger partial charge is 0.408 e. The van der Waals surface area contributed by atoms with Crippen LogP contribution < -0.4 is 16.4 Å². The number of carbonyl (C=O) groups is 1. The third-order valence-corrected chi connectivity index (χ3v) is 5.69. The van der Waals surface area contributed by atoms with Gasteiger partial charge >= 0.3 is 5.76 Å². The van der Waals surface area contributed by atoms with Gasteiger partial charge in [0.2, 0.25) is 0 Å². The van der Waals surface area contributed by atoms with Crippen LogP contribution in [0.25, 0.3) is 22.2 Å². The van der Waals surface area contributed by atoms with E-state index in [0.29, 0.717) is 25.2 Å². The first kappa shape index (κ1) is 21.8. The van der Waals surface area contributed by atoms with Crippen molar-refractivity contribution < 1.29 is 13.9 Å². The van der Waals surface area contributed by atoms with Crippen LogP contribution in [0.15, 0.2) is 51.7 Å². The van der Waals surface area contributed by atoms with Crippen LogP contribution in [0.4, 0.5) is 0 Å². The molecule has 0 spiro atoms. The van der Waals surface area contributed by atoms with E-state index in [1.165, 1.54) is 4.57 Å². The molecule has 2 atom stereocenters. The number of rotatable bonds is 5. The highest BCUT2D eigenvalue weighted by atomic mass is 16.5. The number of fused-ring (bicyclic) bond motifs is 1. The number of nitrogens with zero attached hydrogens (tertiary/aromatic N) is 2. The molecule has 1 fully saturated rings. The van der Waals surface area contributed by atoms with Crippen molar-refractivity contribution in [1.29, 1.82) is 5.26 Å². The number of hydrogen-bond donors (Lipinski definition) is 2. The zero-order chi connectivity index (χ0) is 22.9. The van der Waals surface area contributed by atoms with Crippen molar-refractivity contribution in [3.8, 4) is 17.2 Å². The van der Waals surface area contributed by atoms with Crippen molar-refractivity contribution in [3.63, 3.8) is 0 Å². The predicted octanol–water partition coefficient (Wildman–Crippen LogP) is 2.12. The van der Waals surface area contributed by atoms with Gasteiger partial charge < -0.3 is 19.8 Å². The number of ether oxygens (including phenoxy) is 1. The second kappa shape index (κ2) is 8.61. The lowest BCUT2D eigenvalue weighted by Crippen LogP contribution is -2.58. The maximum atomic E-state index is 12.5. The molecular formula is C24H26N4O4. The van der Waals surface area contributed by atoms with Crippen molar-refractivity contribution in [2.45, 2.75) is 38.0 Å². The molecule has 0 aliphatic carbocycles. The van der Waals surface area contributed by atoms with E-state index in [-0.39, 0.29) is 11.4 Å². The number of benzene rings is 2. The molecule has 32 heavy (non-hydrogen) atoms. The first-order valence-corrected chi connectivity index (χ1v) is 10.5. The lowest BCUT2D eigenvalue weighted by molar-refractivity contribution is -0.137. The number of amides is 1. The number of morpholine rings is 1. The van der Waals surface area contributed by atoms with Crippen molar-refractivity contribution in [3.05, 3.63) is 58.6 Å². The van der Waals surface area contributed by atoms with E-state index in [2.05, 4.69) is 16.7 Å². The fourth-order valence-electron chi connectivity index (χ4n) is 3.73. The van der Waals surface area contributed by atoms with Crippen LogP contribution in [-0.2, 0) is 23.0 Å². The standard InChI is InChI=1S/C24H26N4O4/c1-24(2)14-31-21(13-26-24)22(29)27-18(12-25)10-15-4-6-16(7-5-15)17-8-9-20-19(11-17)28(3)23(30)32-20/h4-9,11,18,21,26H,10,13-14H2,1-3H3,(H,27,29). The maximum absolute atomic E-state index is 12.5. The Balaban J connectivity index is 1.41. The number of carbonyl (C=O) groups excluding carboxylic acids is 1. The summed E-state index contributed by atoms with van der Waals surface area (Å²) >= 11 is 0. The summed E-state index contributed by atoms with van der Waals surface area (Å²) in [6.45, 7) is 4.87. The van der Waals surface area contributed by atoms with E-state index in [9.17, 15) is 14.9 Å². The van der Waals surface area contributed by atoms with Crippen LogP contribution in [0.2, 0.25) is 0 Å². The molecule has 8 nitrogen and oxygen atoms in total. The Labute approximate surface area is 185 Å². The zero-order valence-electron chi connectivity index (χ0n) is 18.3. The Bertz CT molecular complexity index is 1220. The Morgan fingerprint density at radius 1 is 1.28 bits per heavy atom. The Hall–Kier alpha value is -3.41. The first-order chi connectivity index (χ1) is 15.3. The summed E-state index contributed by atoms with van der Waals surface area (Å²) in [5, 5.41) is 15.6. The van der Waals surface area contributed by atoms with Gasteiger partial charge in [0.15, 0.2) is 5.58 Å². The molecule has 1 aliphatic heterocycles. The first-order valence-electron chi connectivity index (χ1n) is 10.5.